The number of carbonyl (C=O) groups excluding carboxylic acids is 1. The number of carbonyl (C=O) groups is 1. The molecule has 0 heterocycles. The first-order chi connectivity index (χ1) is 10.7. The summed E-state index contributed by atoms with van der Waals surface area (Å²) >= 11 is 2.00. The fourth-order valence-corrected chi connectivity index (χ4v) is 3.89. The third-order valence-corrected chi connectivity index (χ3v) is 5.40. The van der Waals surface area contributed by atoms with E-state index in [1.165, 1.54) is 31.2 Å². The van der Waals surface area contributed by atoms with Crippen molar-refractivity contribution in [2.24, 2.45) is 0 Å². The first-order valence-electron chi connectivity index (χ1n) is 8.31. The average molecular weight is 321 g/mol. The molecule has 1 saturated carbocycles. The van der Waals surface area contributed by atoms with Gasteiger partial charge in [0.05, 0.1) is 0 Å². The van der Waals surface area contributed by atoms with E-state index >= 15 is 0 Å². The molecule has 1 aliphatic rings. The molecule has 1 aromatic carbocycles. The summed E-state index contributed by atoms with van der Waals surface area (Å²) in [6, 6.07) is 7.83. The Hall–Kier alpha value is -1.16. The third-order valence-electron chi connectivity index (χ3n) is 4.02. The first-order valence-corrected chi connectivity index (χ1v) is 9.36. The van der Waals surface area contributed by atoms with Gasteiger partial charge in [-0.2, -0.15) is 11.8 Å². The van der Waals surface area contributed by atoms with Crippen LogP contribution in [0.5, 0.6) is 5.75 Å². The predicted molar refractivity (Wildman–Crippen MR) is 93.6 cm³/mol. The van der Waals surface area contributed by atoms with Crippen molar-refractivity contribution in [1.29, 1.82) is 0 Å². The molecule has 0 bridgehead atoms. The molecular formula is C18H27NO2S. The van der Waals surface area contributed by atoms with Crippen molar-refractivity contribution in [1.82, 2.24) is 5.32 Å². The van der Waals surface area contributed by atoms with Gasteiger partial charge in [0, 0.05) is 17.5 Å². The van der Waals surface area contributed by atoms with Crippen LogP contribution in [0.3, 0.4) is 0 Å². The highest BCUT2D eigenvalue weighted by Crippen LogP contribution is 2.28. The van der Waals surface area contributed by atoms with E-state index in [2.05, 4.69) is 5.32 Å². The maximum atomic E-state index is 12.2. The maximum Gasteiger partial charge on any atom is 0.261 e. The fourth-order valence-electron chi connectivity index (χ4n) is 2.67. The van der Waals surface area contributed by atoms with Crippen LogP contribution >= 0.6 is 11.8 Å². The molecule has 1 N–H and O–H groups in total. The van der Waals surface area contributed by atoms with Crippen molar-refractivity contribution >= 4 is 17.7 Å². The van der Waals surface area contributed by atoms with E-state index in [0.29, 0.717) is 6.42 Å². The van der Waals surface area contributed by atoms with Gasteiger partial charge in [-0.25, -0.2) is 0 Å². The van der Waals surface area contributed by atoms with Crippen LogP contribution in [0.25, 0.3) is 0 Å². The van der Waals surface area contributed by atoms with Crippen LogP contribution in [0.1, 0.15) is 44.6 Å². The number of hydrogen-bond donors (Lipinski definition) is 1. The van der Waals surface area contributed by atoms with Crippen molar-refractivity contribution in [3.63, 3.8) is 0 Å². The zero-order valence-corrected chi connectivity index (χ0v) is 14.5. The van der Waals surface area contributed by atoms with E-state index in [-0.39, 0.29) is 5.91 Å². The average Bonchev–Trinajstić information content (AvgIpc) is 3.04. The first kappa shape index (κ1) is 17.2. The molecule has 0 saturated heterocycles. The number of amides is 1. The number of benzene rings is 1. The van der Waals surface area contributed by atoms with Crippen molar-refractivity contribution in [2.75, 3.05) is 12.3 Å². The van der Waals surface area contributed by atoms with Crippen LogP contribution in [0, 0.1) is 6.92 Å². The van der Waals surface area contributed by atoms with Gasteiger partial charge in [-0.15, -0.1) is 0 Å². The lowest BCUT2D eigenvalue weighted by Gasteiger charge is -2.17. The lowest BCUT2D eigenvalue weighted by atomic mass is 10.2. The fraction of sp³-hybridized carbons (Fsp3) is 0.611. The normalized spacial score (nSPS) is 16.5. The van der Waals surface area contributed by atoms with Gasteiger partial charge in [-0.1, -0.05) is 37.5 Å². The van der Waals surface area contributed by atoms with Gasteiger partial charge in [0.15, 0.2) is 6.10 Å². The minimum Gasteiger partial charge on any atom is -0.481 e. The quantitative estimate of drug-likeness (QED) is 0.737. The second kappa shape index (κ2) is 9.09. The Morgan fingerprint density at radius 2 is 2.00 bits per heavy atom. The van der Waals surface area contributed by atoms with E-state index < -0.39 is 6.10 Å². The van der Waals surface area contributed by atoms with Gasteiger partial charge in [-0.05, 0) is 38.3 Å². The molecule has 1 amide bonds. The summed E-state index contributed by atoms with van der Waals surface area (Å²) in [6.07, 6.45) is 5.69. The highest BCUT2D eigenvalue weighted by Gasteiger charge is 2.19. The Morgan fingerprint density at radius 1 is 1.32 bits per heavy atom. The Balaban J connectivity index is 1.70. The Morgan fingerprint density at radius 3 is 2.64 bits per heavy atom. The van der Waals surface area contributed by atoms with E-state index in [4.69, 9.17) is 4.74 Å². The summed E-state index contributed by atoms with van der Waals surface area (Å²) < 4.78 is 5.79. The third kappa shape index (κ3) is 5.56. The molecule has 2 rings (SSSR count). The molecule has 0 aliphatic heterocycles. The molecule has 1 atom stereocenters. The van der Waals surface area contributed by atoms with Gasteiger partial charge in [0.1, 0.15) is 5.75 Å². The van der Waals surface area contributed by atoms with E-state index in [0.717, 1.165) is 23.3 Å². The van der Waals surface area contributed by atoms with Crippen molar-refractivity contribution in [3.8, 4) is 5.75 Å². The van der Waals surface area contributed by atoms with Crippen molar-refractivity contribution in [2.45, 2.75) is 57.3 Å². The lowest BCUT2D eigenvalue weighted by Crippen LogP contribution is -2.39. The van der Waals surface area contributed by atoms with Crippen LogP contribution in [0.2, 0.25) is 0 Å². The van der Waals surface area contributed by atoms with E-state index in [9.17, 15) is 4.79 Å². The summed E-state index contributed by atoms with van der Waals surface area (Å²) in [7, 11) is 0. The smallest absolute Gasteiger partial charge is 0.261 e. The van der Waals surface area contributed by atoms with E-state index in [1.807, 2.05) is 49.9 Å². The van der Waals surface area contributed by atoms with Crippen molar-refractivity contribution < 1.29 is 9.53 Å². The molecule has 1 fully saturated rings. The van der Waals surface area contributed by atoms with Crippen molar-refractivity contribution in [3.05, 3.63) is 29.8 Å². The van der Waals surface area contributed by atoms with Crippen LogP contribution in [-0.2, 0) is 4.79 Å². The topological polar surface area (TPSA) is 38.3 Å². The number of aryl methyl sites for hydroxylation is 1. The van der Waals surface area contributed by atoms with Gasteiger partial charge >= 0.3 is 0 Å². The molecule has 3 nitrogen and oxygen atoms in total. The largest absolute Gasteiger partial charge is 0.481 e. The van der Waals surface area contributed by atoms with Gasteiger partial charge in [-0.3, -0.25) is 4.79 Å². The minimum absolute atomic E-state index is 0.00454. The molecular weight excluding hydrogens is 294 g/mol. The molecule has 0 spiro atoms. The number of hydrogen-bond acceptors (Lipinski definition) is 3. The Bertz CT molecular complexity index is 455. The van der Waals surface area contributed by atoms with Crippen LogP contribution in [0.4, 0.5) is 0 Å². The summed E-state index contributed by atoms with van der Waals surface area (Å²) in [5, 5.41) is 3.81. The SMILES string of the molecule is CC[C@@H](Oc1ccc(C)cc1)C(=O)NCCSC1CCCC1. The zero-order valence-electron chi connectivity index (χ0n) is 13.6. The molecule has 0 radical (unpaired) electrons. The second-order valence-corrected chi connectivity index (χ2v) is 7.30. The number of rotatable bonds is 8. The minimum atomic E-state index is -0.404. The molecule has 4 heteroatoms. The predicted octanol–water partition coefficient (Wildman–Crippen LogP) is 3.94. The summed E-state index contributed by atoms with van der Waals surface area (Å²) in [4.78, 5) is 12.2. The monoisotopic (exact) mass is 321 g/mol. The highest BCUT2D eigenvalue weighted by atomic mass is 32.2. The number of ether oxygens (including phenoxy) is 1. The maximum absolute atomic E-state index is 12.2. The molecule has 1 aromatic rings. The zero-order chi connectivity index (χ0) is 15.8. The highest BCUT2D eigenvalue weighted by molar-refractivity contribution is 7.99. The Labute approximate surface area is 138 Å². The van der Waals surface area contributed by atoms with Gasteiger partial charge in [0.2, 0.25) is 0 Å². The van der Waals surface area contributed by atoms with Gasteiger partial charge < -0.3 is 10.1 Å². The second-order valence-electron chi connectivity index (χ2n) is 5.90. The van der Waals surface area contributed by atoms with Gasteiger partial charge in [0.25, 0.3) is 5.91 Å². The molecule has 0 unspecified atom stereocenters. The standard InChI is InChI=1S/C18H27NO2S/c1-3-17(21-15-10-8-14(2)9-11-15)18(20)19-12-13-22-16-6-4-5-7-16/h8-11,16-17H,3-7,12-13H2,1-2H3,(H,19,20)/t17-/m1/s1. The summed E-state index contributed by atoms with van der Waals surface area (Å²) in [6.45, 7) is 4.75. The molecule has 1 aliphatic carbocycles. The molecule has 22 heavy (non-hydrogen) atoms. The number of thioether (sulfide) groups is 1. The van der Waals surface area contributed by atoms with Crippen LogP contribution in [-0.4, -0.2) is 29.6 Å². The molecule has 0 aromatic heterocycles. The molecule has 122 valence electrons. The van der Waals surface area contributed by atoms with Crippen LogP contribution < -0.4 is 10.1 Å². The van der Waals surface area contributed by atoms with Crippen LogP contribution in [0.15, 0.2) is 24.3 Å². The lowest BCUT2D eigenvalue weighted by molar-refractivity contribution is -0.127. The summed E-state index contributed by atoms with van der Waals surface area (Å²) in [5.41, 5.74) is 1.19. The Kier molecular flexibility index (Phi) is 7.10. The summed E-state index contributed by atoms with van der Waals surface area (Å²) in [5.74, 6) is 1.75. The number of nitrogens with one attached hydrogen (secondary N) is 1. The van der Waals surface area contributed by atoms with E-state index in [1.54, 1.807) is 0 Å².